The van der Waals surface area contributed by atoms with E-state index in [9.17, 15) is 0 Å². The highest BCUT2D eigenvalue weighted by Crippen LogP contribution is 1.91. The molecule has 0 aromatic heterocycles. The van der Waals surface area contributed by atoms with Crippen LogP contribution in [0.4, 0.5) is 0 Å². The van der Waals surface area contributed by atoms with Gasteiger partial charge in [0.1, 0.15) is 0 Å². The second-order valence-corrected chi connectivity index (χ2v) is 2.05. The lowest BCUT2D eigenvalue weighted by Crippen LogP contribution is -2.13. The molecule has 0 amide bonds. The first kappa shape index (κ1) is 8.92. The number of nitrogens with one attached hydrogen (secondary N) is 1. The van der Waals surface area contributed by atoms with Gasteiger partial charge in [-0.1, -0.05) is 26.7 Å². The minimum Gasteiger partial charge on any atom is -0.302 e. The lowest BCUT2D eigenvalue weighted by molar-refractivity contribution is 0.0421. The molecule has 0 aromatic carbocycles. The summed E-state index contributed by atoms with van der Waals surface area (Å²) in [4.78, 5) is 5.03. The maximum absolute atomic E-state index is 5.03. The number of hydrogen-bond acceptors (Lipinski definition) is 2. The van der Waals surface area contributed by atoms with Crippen LogP contribution in [0.5, 0.6) is 0 Å². The molecule has 0 spiro atoms. The van der Waals surface area contributed by atoms with Gasteiger partial charge in [-0.25, -0.2) is 5.48 Å². The quantitative estimate of drug-likeness (QED) is 0.437. The molecule has 0 atom stereocenters. The summed E-state index contributed by atoms with van der Waals surface area (Å²) in [6.45, 7) is 5.96. The Hall–Kier alpha value is -0.0800. The number of unbranched alkanes of at least 4 members (excludes halogenated alkanes) is 2. The fourth-order valence-electron chi connectivity index (χ4n) is 0.598. The Kier molecular flexibility index (Phi) is 7.85. The summed E-state index contributed by atoms with van der Waals surface area (Å²) in [5, 5.41) is 0. The van der Waals surface area contributed by atoms with Crippen molar-refractivity contribution in [3.05, 3.63) is 0 Å². The Morgan fingerprint density at radius 2 is 2.00 bits per heavy atom. The molecular weight excluding hydrogens is 114 g/mol. The molecule has 0 aliphatic heterocycles. The fourth-order valence-corrected chi connectivity index (χ4v) is 0.598. The molecule has 0 aliphatic rings. The van der Waals surface area contributed by atoms with E-state index in [2.05, 4.69) is 12.4 Å². The van der Waals surface area contributed by atoms with Gasteiger partial charge >= 0.3 is 0 Å². The first-order chi connectivity index (χ1) is 4.41. The first-order valence-corrected chi connectivity index (χ1v) is 3.76. The summed E-state index contributed by atoms with van der Waals surface area (Å²) in [5.41, 5.74) is 2.81. The van der Waals surface area contributed by atoms with E-state index in [4.69, 9.17) is 4.84 Å². The Morgan fingerprint density at radius 3 is 2.56 bits per heavy atom. The van der Waals surface area contributed by atoms with E-state index in [1.54, 1.807) is 0 Å². The van der Waals surface area contributed by atoms with Crippen LogP contribution in [0, 0.1) is 0 Å². The van der Waals surface area contributed by atoms with Crippen molar-refractivity contribution in [3.63, 3.8) is 0 Å². The molecule has 0 rings (SSSR count). The lowest BCUT2D eigenvalue weighted by atomic mass is 10.3. The summed E-state index contributed by atoms with van der Waals surface area (Å²) in [6.07, 6.45) is 3.70. The number of rotatable bonds is 6. The highest BCUT2D eigenvalue weighted by molar-refractivity contribution is 4.33. The molecule has 2 heteroatoms. The highest BCUT2D eigenvalue weighted by Gasteiger charge is 1.84. The molecule has 0 fully saturated rings. The number of hydroxylamine groups is 1. The SMILES string of the molecule is CCCCCONCC. The van der Waals surface area contributed by atoms with Gasteiger partial charge in [0.15, 0.2) is 0 Å². The molecule has 0 saturated heterocycles. The summed E-state index contributed by atoms with van der Waals surface area (Å²) in [5.74, 6) is 0. The lowest BCUT2D eigenvalue weighted by Gasteiger charge is -2.00. The Labute approximate surface area is 57.5 Å². The zero-order valence-corrected chi connectivity index (χ0v) is 6.44. The molecule has 0 bridgehead atoms. The van der Waals surface area contributed by atoms with Crippen molar-refractivity contribution in [1.82, 2.24) is 5.48 Å². The third-order valence-corrected chi connectivity index (χ3v) is 1.10. The van der Waals surface area contributed by atoms with Crippen LogP contribution < -0.4 is 5.48 Å². The third kappa shape index (κ3) is 7.92. The standard InChI is InChI=1S/C7H17NO/c1-3-5-6-7-9-8-4-2/h8H,3-7H2,1-2H3. The van der Waals surface area contributed by atoms with Crippen LogP contribution in [0.25, 0.3) is 0 Å². The maximum atomic E-state index is 5.03. The second kappa shape index (κ2) is 7.92. The van der Waals surface area contributed by atoms with Gasteiger partial charge in [-0.3, -0.25) is 0 Å². The van der Waals surface area contributed by atoms with Crippen LogP contribution in [0.2, 0.25) is 0 Å². The monoisotopic (exact) mass is 131 g/mol. The van der Waals surface area contributed by atoms with Crippen LogP contribution in [0.3, 0.4) is 0 Å². The van der Waals surface area contributed by atoms with E-state index in [1.807, 2.05) is 6.92 Å². The van der Waals surface area contributed by atoms with Gasteiger partial charge in [0.05, 0.1) is 6.61 Å². The number of hydrogen-bond donors (Lipinski definition) is 1. The minimum atomic E-state index is 0.849. The Bertz CT molecular complexity index is 42.2. The van der Waals surface area contributed by atoms with E-state index < -0.39 is 0 Å². The van der Waals surface area contributed by atoms with Crippen molar-refractivity contribution in [2.24, 2.45) is 0 Å². The first-order valence-electron chi connectivity index (χ1n) is 3.76. The third-order valence-electron chi connectivity index (χ3n) is 1.10. The van der Waals surface area contributed by atoms with Crippen molar-refractivity contribution in [2.75, 3.05) is 13.2 Å². The van der Waals surface area contributed by atoms with Crippen LogP contribution in [-0.4, -0.2) is 13.2 Å². The van der Waals surface area contributed by atoms with E-state index in [0.29, 0.717) is 0 Å². The predicted octanol–water partition coefficient (Wildman–Crippen LogP) is 1.72. The van der Waals surface area contributed by atoms with Gasteiger partial charge in [-0.15, -0.1) is 0 Å². The molecule has 0 heterocycles. The molecule has 0 aromatic rings. The van der Waals surface area contributed by atoms with Crippen LogP contribution in [0.1, 0.15) is 33.1 Å². The molecule has 56 valence electrons. The normalized spacial score (nSPS) is 10.0. The molecular formula is C7H17NO. The molecule has 0 unspecified atom stereocenters. The van der Waals surface area contributed by atoms with Crippen LogP contribution in [0.15, 0.2) is 0 Å². The van der Waals surface area contributed by atoms with Gasteiger partial charge in [0, 0.05) is 6.54 Å². The largest absolute Gasteiger partial charge is 0.302 e. The van der Waals surface area contributed by atoms with Crippen molar-refractivity contribution in [2.45, 2.75) is 33.1 Å². The summed E-state index contributed by atoms with van der Waals surface area (Å²) < 4.78 is 0. The van der Waals surface area contributed by atoms with Crippen molar-refractivity contribution in [1.29, 1.82) is 0 Å². The Balaban J connectivity index is 2.60. The predicted molar refractivity (Wildman–Crippen MR) is 39.2 cm³/mol. The molecule has 0 saturated carbocycles. The average Bonchev–Trinajstić information content (AvgIpc) is 1.89. The molecule has 0 aliphatic carbocycles. The van der Waals surface area contributed by atoms with Crippen molar-refractivity contribution in [3.8, 4) is 0 Å². The van der Waals surface area contributed by atoms with E-state index in [-0.39, 0.29) is 0 Å². The maximum Gasteiger partial charge on any atom is 0.0682 e. The highest BCUT2D eigenvalue weighted by atomic mass is 16.6. The smallest absolute Gasteiger partial charge is 0.0682 e. The van der Waals surface area contributed by atoms with E-state index >= 15 is 0 Å². The second-order valence-electron chi connectivity index (χ2n) is 2.05. The minimum absolute atomic E-state index is 0.849. The van der Waals surface area contributed by atoms with E-state index in [0.717, 1.165) is 13.2 Å². The van der Waals surface area contributed by atoms with E-state index in [1.165, 1.54) is 19.3 Å². The van der Waals surface area contributed by atoms with Crippen molar-refractivity contribution < 1.29 is 4.84 Å². The average molecular weight is 131 g/mol. The van der Waals surface area contributed by atoms with Gasteiger partial charge in [-0.05, 0) is 6.42 Å². The summed E-state index contributed by atoms with van der Waals surface area (Å²) in [6, 6.07) is 0. The molecule has 2 nitrogen and oxygen atoms in total. The van der Waals surface area contributed by atoms with Gasteiger partial charge in [0.25, 0.3) is 0 Å². The van der Waals surface area contributed by atoms with Crippen LogP contribution >= 0.6 is 0 Å². The molecule has 1 N–H and O–H groups in total. The zero-order chi connectivity index (χ0) is 6.95. The van der Waals surface area contributed by atoms with Gasteiger partial charge in [-0.2, -0.15) is 0 Å². The van der Waals surface area contributed by atoms with Gasteiger partial charge in [0.2, 0.25) is 0 Å². The van der Waals surface area contributed by atoms with Gasteiger partial charge < -0.3 is 4.84 Å². The van der Waals surface area contributed by atoms with Crippen LogP contribution in [-0.2, 0) is 4.84 Å². The van der Waals surface area contributed by atoms with Crippen molar-refractivity contribution >= 4 is 0 Å². The zero-order valence-electron chi connectivity index (χ0n) is 6.44. The summed E-state index contributed by atoms with van der Waals surface area (Å²) in [7, 11) is 0. The topological polar surface area (TPSA) is 21.3 Å². The Morgan fingerprint density at radius 1 is 1.22 bits per heavy atom. The molecule has 0 radical (unpaired) electrons. The summed E-state index contributed by atoms with van der Waals surface area (Å²) >= 11 is 0. The fraction of sp³-hybridized carbons (Fsp3) is 1.00. The molecule has 9 heavy (non-hydrogen) atoms.